The summed E-state index contributed by atoms with van der Waals surface area (Å²) in [6.07, 6.45) is 1.34. The van der Waals surface area contributed by atoms with Gasteiger partial charge in [0.05, 0.1) is 28.5 Å². The molecule has 0 unspecified atom stereocenters. The van der Waals surface area contributed by atoms with E-state index in [0.29, 0.717) is 34.1 Å². The Morgan fingerprint density at radius 1 is 1.30 bits per heavy atom. The van der Waals surface area contributed by atoms with Gasteiger partial charge in [0.1, 0.15) is 5.82 Å². The highest BCUT2D eigenvalue weighted by Crippen LogP contribution is 2.37. The van der Waals surface area contributed by atoms with Crippen LogP contribution in [0.1, 0.15) is 12.5 Å². The third-order valence-corrected chi connectivity index (χ3v) is 5.01. The lowest BCUT2D eigenvalue weighted by molar-refractivity contribution is -0.385. The van der Waals surface area contributed by atoms with Crippen LogP contribution in [0.15, 0.2) is 51.9 Å². The molecule has 1 aromatic heterocycles. The Labute approximate surface area is 184 Å². The van der Waals surface area contributed by atoms with E-state index in [-0.39, 0.29) is 35.0 Å². The Hall–Kier alpha value is -3.05. The zero-order chi connectivity index (χ0) is 20.4. The number of halogens is 2. The van der Waals surface area contributed by atoms with E-state index in [1.54, 1.807) is 23.6 Å². The molecule has 0 aliphatic carbocycles. The lowest BCUT2D eigenvalue weighted by Gasteiger charge is -2.05. The highest BCUT2D eigenvalue weighted by atomic mass is 79.9. The molecular formula is C19H16BrFN4O4S. The van der Waals surface area contributed by atoms with Gasteiger partial charge < -0.3 is 9.47 Å². The molecule has 1 aliphatic heterocycles. The van der Waals surface area contributed by atoms with Crippen LogP contribution in [0.2, 0.25) is 0 Å². The van der Waals surface area contributed by atoms with E-state index in [4.69, 9.17) is 9.47 Å². The molecule has 3 aromatic rings. The van der Waals surface area contributed by atoms with Gasteiger partial charge in [-0.2, -0.15) is 5.10 Å². The zero-order valence-electron chi connectivity index (χ0n) is 15.6. The van der Waals surface area contributed by atoms with Crippen LogP contribution in [-0.4, -0.2) is 29.2 Å². The number of ether oxygens (including phenoxy) is 2. The molecule has 30 heavy (non-hydrogen) atoms. The zero-order valence-corrected chi connectivity index (χ0v) is 18.2. The predicted octanol–water partition coefficient (Wildman–Crippen LogP) is 4.37. The van der Waals surface area contributed by atoms with Gasteiger partial charge in [0, 0.05) is 17.5 Å². The number of fused-ring (bicyclic) bond motifs is 1. The van der Waals surface area contributed by atoms with Crippen LogP contribution in [0.3, 0.4) is 0 Å². The van der Waals surface area contributed by atoms with Gasteiger partial charge in [-0.3, -0.25) is 15.1 Å². The number of benzene rings is 2. The van der Waals surface area contributed by atoms with Gasteiger partial charge in [0.15, 0.2) is 11.5 Å². The molecule has 2 heterocycles. The topological polar surface area (TPSA) is 91.2 Å². The first-order valence-corrected chi connectivity index (χ1v) is 9.54. The summed E-state index contributed by atoms with van der Waals surface area (Å²) in [4.78, 5) is 15.9. The second kappa shape index (κ2) is 9.18. The van der Waals surface area contributed by atoms with E-state index in [9.17, 15) is 14.5 Å². The summed E-state index contributed by atoms with van der Waals surface area (Å²) in [6.45, 7) is 2.39. The van der Waals surface area contributed by atoms with Crippen molar-refractivity contribution in [1.29, 1.82) is 0 Å². The van der Waals surface area contributed by atoms with Crippen LogP contribution in [0.4, 0.5) is 10.1 Å². The molecule has 0 bridgehead atoms. The van der Waals surface area contributed by atoms with Crippen LogP contribution < -0.4 is 14.3 Å². The first-order chi connectivity index (χ1) is 14.1. The number of hydrogen-bond donors (Lipinski definition) is 0. The number of rotatable bonds is 5. The Balaban J connectivity index is 0.00000256. The second-order valence-electron chi connectivity index (χ2n) is 5.94. The van der Waals surface area contributed by atoms with Crippen molar-refractivity contribution in [2.75, 3.05) is 13.3 Å². The van der Waals surface area contributed by atoms with Crippen LogP contribution in [0, 0.1) is 15.9 Å². The van der Waals surface area contributed by atoms with Crippen LogP contribution in [-0.2, 0) is 0 Å². The minimum absolute atomic E-state index is 0. The Morgan fingerprint density at radius 3 is 2.73 bits per heavy atom. The maximum atomic E-state index is 14.3. The quantitative estimate of drug-likeness (QED) is 0.299. The molecule has 0 fully saturated rings. The molecule has 0 N–H and O–H groups in total. The van der Waals surface area contributed by atoms with E-state index >= 15 is 0 Å². The van der Waals surface area contributed by atoms with Gasteiger partial charge in [0.2, 0.25) is 11.6 Å². The van der Waals surface area contributed by atoms with E-state index in [2.05, 4.69) is 10.1 Å². The minimum Gasteiger partial charge on any atom is -0.454 e. The lowest BCUT2D eigenvalue weighted by atomic mass is 10.1. The standard InChI is InChI=1S/C19H15FN4O4S.BrH/c1-2-21-19-23(16(10-29-19)13-5-3-4-6-14(13)20)22-9-12-7-17-18(28-11-27-17)8-15(12)24(25)26;/h3-10H,2,11H2,1H3;1H/b21-19?,22-9+;. The number of hydrogen-bond acceptors (Lipinski definition) is 7. The van der Waals surface area contributed by atoms with Crippen molar-refractivity contribution >= 4 is 40.2 Å². The molecule has 2 aromatic carbocycles. The average Bonchev–Trinajstić information content (AvgIpc) is 3.32. The molecule has 8 nitrogen and oxygen atoms in total. The van der Waals surface area contributed by atoms with Gasteiger partial charge in [-0.05, 0) is 25.1 Å². The highest BCUT2D eigenvalue weighted by molar-refractivity contribution is 8.93. The maximum Gasteiger partial charge on any atom is 0.282 e. The summed E-state index contributed by atoms with van der Waals surface area (Å²) in [5.41, 5.74) is 0.925. The largest absolute Gasteiger partial charge is 0.454 e. The minimum atomic E-state index is -0.517. The fraction of sp³-hybridized carbons (Fsp3) is 0.158. The molecule has 0 spiro atoms. The van der Waals surface area contributed by atoms with Crippen LogP contribution >= 0.6 is 28.3 Å². The predicted molar refractivity (Wildman–Crippen MR) is 116 cm³/mol. The Morgan fingerprint density at radius 2 is 2.03 bits per heavy atom. The van der Waals surface area contributed by atoms with Gasteiger partial charge in [0.25, 0.3) is 5.69 Å². The molecule has 0 radical (unpaired) electrons. The molecule has 0 amide bonds. The number of nitro groups is 1. The number of nitrogens with zero attached hydrogens (tertiary/aromatic N) is 4. The van der Waals surface area contributed by atoms with Crippen molar-refractivity contribution < 1.29 is 18.8 Å². The van der Waals surface area contributed by atoms with E-state index < -0.39 is 10.7 Å². The average molecular weight is 495 g/mol. The van der Waals surface area contributed by atoms with E-state index in [0.717, 1.165) is 0 Å². The molecule has 11 heteroatoms. The summed E-state index contributed by atoms with van der Waals surface area (Å²) in [7, 11) is 0. The molecule has 0 saturated carbocycles. The second-order valence-corrected chi connectivity index (χ2v) is 6.77. The lowest BCUT2D eigenvalue weighted by Crippen LogP contribution is -2.13. The monoisotopic (exact) mass is 494 g/mol. The Kier molecular flexibility index (Phi) is 6.63. The molecule has 156 valence electrons. The summed E-state index contributed by atoms with van der Waals surface area (Å²) >= 11 is 1.31. The smallest absolute Gasteiger partial charge is 0.282 e. The van der Waals surface area contributed by atoms with E-state index in [1.807, 2.05) is 6.92 Å². The molecule has 1 aliphatic rings. The SMILES string of the molecule is Br.CCN=c1scc(-c2ccccc2F)n1/N=C/c1cc2c(cc1[N+](=O)[O-])OCO2. The summed E-state index contributed by atoms with van der Waals surface area (Å²) in [5, 5.41) is 17.6. The number of nitro benzene ring substituents is 1. The third-order valence-electron chi connectivity index (χ3n) is 4.16. The van der Waals surface area contributed by atoms with Gasteiger partial charge >= 0.3 is 0 Å². The van der Waals surface area contributed by atoms with Crippen LogP contribution in [0.25, 0.3) is 11.3 Å². The van der Waals surface area contributed by atoms with Gasteiger partial charge in [-0.1, -0.05) is 12.1 Å². The summed E-state index contributed by atoms with van der Waals surface area (Å²) in [6, 6.07) is 9.13. The molecule has 0 atom stereocenters. The van der Waals surface area contributed by atoms with Crippen molar-refractivity contribution in [2.24, 2.45) is 10.1 Å². The van der Waals surface area contributed by atoms with Crippen molar-refractivity contribution in [3.63, 3.8) is 0 Å². The molecular weight excluding hydrogens is 479 g/mol. The van der Waals surface area contributed by atoms with Crippen molar-refractivity contribution in [3.05, 3.63) is 68.1 Å². The van der Waals surface area contributed by atoms with E-state index in [1.165, 1.54) is 40.4 Å². The van der Waals surface area contributed by atoms with Crippen molar-refractivity contribution in [2.45, 2.75) is 6.92 Å². The highest BCUT2D eigenvalue weighted by Gasteiger charge is 2.22. The molecule has 4 rings (SSSR count). The Bertz CT molecular complexity index is 1190. The summed E-state index contributed by atoms with van der Waals surface area (Å²) < 4.78 is 26.3. The first-order valence-electron chi connectivity index (χ1n) is 8.66. The van der Waals surface area contributed by atoms with Crippen molar-refractivity contribution in [3.8, 4) is 22.8 Å². The van der Waals surface area contributed by atoms with Gasteiger partial charge in [-0.15, -0.1) is 28.3 Å². The fourth-order valence-electron chi connectivity index (χ4n) is 2.84. The third kappa shape index (κ3) is 4.12. The van der Waals surface area contributed by atoms with Crippen LogP contribution in [0.5, 0.6) is 11.5 Å². The number of thiazole rings is 1. The van der Waals surface area contributed by atoms with Crippen molar-refractivity contribution in [1.82, 2.24) is 4.68 Å². The first kappa shape index (κ1) is 21.7. The maximum absolute atomic E-state index is 14.3. The fourth-order valence-corrected chi connectivity index (χ4v) is 3.73. The normalized spacial score (nSPS) is 12.9. The number of aromatic nitrogens is 1. The molecule has 0 saturated heterocycles. The van der Waals surface area contributed by atoms with Gasteiger partial charge in [-0.25, -0.2) is 9.07 Å². The summed E-state index contributed by atoms with van der Waals surface area (Å²) in [5.74, 6) is 0.317.